The number of aryl methyl sites for hydroxylation is 1. The van der Waals surface area contributed by atoms with Crippen LogP contribution in [0.5, 0.6) is 0 Å². The van der Waals surface area contributed by atoms with E-state index in [1.807, 2.05) is 13.0 Å². The van der Waals surface area contributed by atoms with E-state index < -0.39 is 0 Å². The molecule has 0 aromatic carbocycles. The Hall–Kier alpha value is -1.95. The highest BCUT2D eigenvalue weighted by molar-refractivity contribution is 5.39. The molecular formula is C13H17N5O. The van der Waals surface area contributed by atoms with Crippen LogP contribution in [0, 0.1) is 6.92 Å². The van der Waals surface area contributed by atoms with Crippen molar-refractivity contribution in [2.45, 2.75) is 19.5 Å². The molecule has 0 saturated carbocycles. The van der Waals surface area contributed by atoms with Crippen molar-refractivity contribution in [3.63, 3.8) is 0 Å². The van der Waals surface area contributed by atoms with Crippen molar-refractivity contribution in [1.29, 1.82) is 0 Å². The molecule has 2 aromatic rings. The molecule has 1 fully saturated rings. The summed E-state index contributed by atoms with van der Waals surface area (Å²) in [5.74, 6) is 1.86. The Morgan fingerprint density at radius 3 is 2.89 bits per heavy atom. The van der Waals surface area contributed by atoms with E-state index in [0.29, 0.717) is 6.04 Å². The van der Waals surface area contributed by atoms with Gasteiger partial charge in [0.05, 0.1) is 18.4 Å². The van der Waals surface area contributed by atoms with Gasteiger partial charge in [-0.05, 0) is 14.0 Å². The lowest BCUT2D eigenvalue weighted by Crippen LogP contribution is -2.58. The van der Waals surface area contributed by atoms with Gasteiger partial charge < -0.3 is 9.42 Å². The minimum Gasteiger partial charge on any atom is -0.360 e. The first-order chi connectivity index (χ1) is 9.22. The van der Waals surface area contributed by atoms with Crippen LogP contribution >= 0.6 is 0 Å². The van der Waals surface area contributed by atoms with Gasteiger partial charge >= 0.3 is 0 Å². The van der Waals surface area contributed by atoms with Crippen molar-refractivity contribution in [3.05, 3.63) is 36.1 Å². The summed E-state index contributed by atoms with van der Waals surface area (Å²) in [6.45, 7) is 4.68. The maximum atomic E-state index is 5.24. The molecule has 6 nitrogen and oxygen atoms in total. The van der Waals surface area contributed by atoms with Crippen LogP contribution in [0.4, 0.5) is 5.82 Å². The number of hydrogen-bond donors (Lipinski definition) is 0. The van der Waals surface area contributed by atoms with Crippen molar-refractivity contribution in [2.75, 3.05) is 25.0 Å². The van der Waals surface area contributed by atoms with Crippen LogP contribution in [0.25, 0.3) is 0 Å². The highest BCUT2D eigenvalue weighted by Crippen LogP contribution is 2.21. The molecule has 0 atom stereocenters. The number of nitrogens with zero attached hydrogens (tertiary/aromatic N) is 5. The number of hydrogen-bond acceptors (Lipinski definition) is 6. The van der Waals surface area contributed by atoms with Gasteiger partial charge in [0.25, 0.3) is 0 Å². The zero-order valence-electron chi connectivity index (χ0n) is 11.2. The molecule has 2 aromatic heterocycles. The van der Waals surface area contributed by atoms with Crippen LogP contribution in [-0.4, -0.2) is 46.2 Å². The molecule has 0 aliphatic carbocycles. The van der Waals surface area contributed by atoms with Crippen LogP contribution in [0.3, 0.4) is 0 Å². The molecule has 0 amide bonds. The van der Waals surface area contributed by atoms with E-state index >= 15 is 0 Å². The topological polar surface area (TPSA) is 58.3 Å². The van der Waals surface area contributed by atoms with E-state index in [9.17, 15) is 0 Å². The first-order valence-corrected chi connectivity index (χ1v) is 6.36. The molecule has 0 unspecified atom stereocenters. The van der Waals surface area contributed by atoms with Crippen molar-refractivity contribution >= 4 is 5.82 Å². The first kappa shape index (κ1) is 12.1. The molecule has 1 saturated heterocycles. The molecule has 0 N–H and O–H groups in total. The average molecular weight is 259 g/mol. The lowest BCUT2D eigenvalue weighted by atomic mass is 10.1. The normalized spacial score (nSPS) is 15.8. The molecule has 1 aliphatic rings. The van der Waals surface area contributed by atoms with Crippen LogP contribution < -0.4 is 4.90 Å². The largest absolute Gasteiger partial charge is 0.360 e. The fourth-order valence-electron chi connectivity index (χ4n) is 2.24. The van der Waals surface area contributed by atoms with E-state index in [1.54, 1.807) is 18.6 Å². The third-order valence-electron chi connectivity index (χ3n) is 3.44. The van der Waals surface area contributed by atoms with Crippen LogP contribution in [-0.2, 0) is 6.54 Å². The molecule has 19 heavy (non-hydrogen) atoms. The summed E-state index contributed by atoms with van der Waals surface area (Å²) in [6, 6.07) is 2.50. The zero-order chi connectivity index (χ0) is 13.2. The number of aromatic nitrogens is 3. The molecular weight excluding hydrogens is 242 g/mol. The Morgan fingerprint density at radius 2 is 2.26 bits per heavy atom. The summed E-state index contributed by atoms with van der Waals surface area (Å²) in [5.41, 5.74) is 0.929. The van der Waals surface area contributed by atoms with Gasteiger partial charge in [0.1, 0.15) is 5.82 Å². The number of rotatable bonds is 4. The second kappa shape index (κ2) is 4.97. The Labute approximate surface area is 112 Å². The molecule has 0 bridgehead atoms. The van der Waals surface area contributed by atoms with Gasteiger partial charge in [-0.3, -0.25) is 9.88 Å². The van der Waals surface area contributed by atoms with Gasteiger partial charge in [-0.1, -0.05) is 5.16 Å². The van der Waals surface area contributed by atoms with E-state index in [1.165, 1.54) is 0 Å². The molecule has 3 rings (SSSR count). The van der Waals surface area contributed by atoms with Crippen molar-refractivity contribution < 1.29 is 4.52 Å². The zero-order valence-corrected chi connectivity index (χ0v) is 11.2. The standard InChI is InChI=1S/C13H17N5O/c1-10-5-12(19-16-10)9-17(2)11-7-18(8-11)13-6-14-3-4-15-13/h3-6,11H,7-9H2,1-2H3. The fourth-order valence-corrected chi connectivity index (χ4v) is 2.24. The molecule has 0 radical (unpaired) electrons. The minimum absolute atomic E-state index is 0.521. The highest BCUT2D eigenvalue weighted by atomic mass is 16.5. The lowest BCUT2D eigenvalue weighted by molar-refractivity contribution is 0.177. The van der Waals surface area contributed by atoms with Gasteiger partial charge in [-0.2, -0.15) is 0 Å². The second-order valence-electron chi connectivity index (χ2n) is 4.97. The molecule has 0 spiro atoms. The predicted molar refractivity (Wildman–Crippen MR) is 70.7 cm³/mol. The van der Waals surface area contributed by atoms with E-state index in [0.717, 1.165) is 36.9 Å². The summed E-state index contributed by atoms with van der Waals surface area (Å²) in [4.78, 5) is 12.9. The fraction of sp³-hybridized carbons (Fsp3) is 0.462. The third kappa shape index (κ3) is 2.58. The average Bonchev–Trinajstić information content (AvgIpc) is 2.74. The van der Waals surface area contributed by atoms with Gasteiger partial charge in [-0.15, -0.1) is 0 Å². The number of likely N-dealkylation sites (N-methyl/N-ethyl adjacent to an activating group) is 1. The summed E-state index contributed by atoms with van der Waals surface area (Å²) in [7, 11) is 2.11. The first-order valence-electron chi connectivity index (χ1n) is 6.36. The van der Waals surface area contributed by atoms with Crippen LogP contribution in [0.15, 0.2) is 29.2 Å². The van der Waals surface area contributed by atoms with Gasteiger partial charge in [0.2, 0.25) is 0 Å². The monoisotopic (exact) mass is 259 g/mol. The Kier molecular flexibility index (Phi) is 3.16. The van der Waals surface area contributed by atoms with E-state index in [4.69, 9.17) is 4.52 Å². The summed E-state index contributed by atoms with van der Waals surface area (Å²) in [6.07, 6.45) is 5.22. The van der Waals surface area contributed by atoms with Gasteiger partial charge in [-0.25, -0.2) is 4.98 Å². The molecule has 6 heteroatoms. The summed E-state index contributed by atoms with van der Waals surface area (Å²) < 4.78 is 5.24. The molecule has 3 heterocycles. The van der Waals surface area contributed by atoms with Crippen LogP contribution in [0.1, 0.15) is 11.5 Å². The number of anilines is 1. The van der Waals surface area contributed by atoms with E-state index in [2.05, 4.69) is 32.0 Å². The highest BCUT2D eigenvalue weighted by Gasteiger charge is 2.31. The Balaban J connectivity index is 1.53. The predicted octanol–water partition coefficient (Wildman–Crippen LogP) is 1.09. The van der Waals surface area contributed by atoms with Crippen LogP contribution in [0.2, 0.25) is 0 Å². The minimum atomic E-state index is 0.521. The SMILES string of the molecule is Cc1cc(CN(C)C2CN(c3cnccn3)C2)on1. The maximum Gasteiger partial charge on any atom is 0.150 e. The summed E-state index contributed by atoms with van der Waals surface area (Å²) in [5, 5.41) is 3.91. The second-order valence-corrected chi connectivity index (χ2v) is 4.97. The lowest BCUT2D eigenvalue weighted by Gasteiger charge is -2.44. The van der Waals surface area contributed by atoms with Crippen molar-refractivity contribution in [2.24, 2.45) is 0 Å². The third-order valence-corrected chi connectivity index (χ3v) is 3.44. The van der Waals surface area contributed by atoms with Gasteiger partial charge in [0, 0.05) is 37.6 Å². The van der Waals surface area contributed by atoms with E-state index in [-0.39, 0.29) is 0 Å². The Morgan fingerprint density at radius 1 is 1.42 bits per heavy atom. The molecule has 1 aliphatic heterocycles. The van der Waals surface area contributed by atoms with Crippen molar-refractivity contribution in [3.8, 4) is 0 Å². The summed E-state index contributed by atoms with van der Waals surface area (Å²) >= 11 is 0. The molecule has 100 valence electrons. The maximum absolute atomic E-state index is 5.24. The van der Waals surface area contributed by atoms with Crippen molar-refractivity contribution in [1.82, 2.24) is 20.0 Å². The smallest absolute Gasteiger partial charge is 0.150 e. The quantitative estimate of drug-likeness (QED) is 0.819. The van der Waals surface area contributed by atoms with Gasteiger partial charge in [0.15, 0.2) is 5.76 Å². The Bertz CT molecular complexity index is 535.